The van der Waals surface area contributed by atoms with Crippen molar-refractivity contribution in [2.75, 3.05) is 0 Å². The van der Waals surface area contributed by atoms with Crippen molar-refractivity contribution in [3.8, 4) is 0 Å². The molecule has 0 bridgehead atoms. The van der Waals surface area contributed by atoms with Gasteiger partial charge in [0.25, 0.3) is 5.69 Å². The van der Waals surface area contributed by atoms with Gasteiger partial charge in [0.1, 0.15) is 6.26 Å². The molecule has 1 rings (SSSR count). The molecule has 19 heavy (non-hydrogen) atoms. The maximum atomic E-state index is 10.6. The van der Waals surface area contributed by atoms with Gasteiger partial charge < -0.3 is 9.47 Å². The van der Waals surface area contributed by atoms with Crippen LogP contribution >= 0.6 is 0 Å². The lowest BCUT2D eigenvalue weighted by Crippen LogP contribution is -2.09. The van der Waals surface area contributed by atoms with Gasteiger partial charge in [-0.1, -0.05) is 0 Å². The first-order chi connectivity index (χ1) is 8.90. The van der Waals surface area contributed by atoms with Crippen LogP contribution in [0.2, 0.25) is 0 Å². The highest BCUT2D eigenvalue weighted by Gasteiger charge is 2.10. The number of nitro benzene ring substituents is 1. The van der Waals surface area contributed by atoms with E-state index in [4.69, 9.17) is 9.47 Å². The Bertz CT molecular complexity index is 457. The highest BCUT2D eigenvalue weighted by atomic mass is 28.1. The van der Waals surface area contributed by atoms with E-state index in [0.29, 0.717) is 5.76 Å². The number of hydrogen-bond acceptors (Lipinski definition) is 4. The van der Waals surface area contributed by atoms with Crippen LogP contribution in [-0.4, -0.2) is 36.9 Å². The molecule has 0 amide bonds. The molecule has 5 nitrogen and oxygen atoms in total. The molecular formula is C12H19NO4Si2. The second-order valence-corrected chi connectivity index (χ2v) is 7.89. The lowest BCUT2D eigenvalue weighted by molar-refractivity contribution is -0.384. The number of ether oxygens (including phenoxy) is 2. The summed E-state index contributed by atoms with van der Waals surface area (Å²) in [4.78, 5) is 10.2. The number of rotatable bonds is 6. The van der Waals surface area contributed by atoms with Crippen molar-refractivity contribution in [2.45, 2.75) is 25.3 Å². The molecule has 0 aromatic heterocycles. The average Bonchev–Trinajstić information content (AvgIpc) is 2.34. The second-order valence-electron chi connectivity index (χ2n) is 4.64. The van der Waals surface area contributed by atoms with Crippen molar-refractivity contribution in [2.24, 2.45) is 0 Å². The molecule has 2 unspecified atom stereocenters. The molecule has 0 saturated carbocycles. The molecule has 7 heteroatoms. The topological polar surface area (TPSA) is 61.6 Å². The van der Waals surface area contributed by atoms with E-state index < -0.39 is 4.92 Å². The van der Waals surface area contributed by atoms with E-state index in [1.165, 1.54) is 12.1 Å². The Hall–Kier alpha value is -1.61. The molecule has 0 radical (unpaired) electrons. The first-order valence-electron chi connectivity index (χ1n) is 6.17. The third kappa shape index (κ3) is 5.27. The standard InChI is InChI=1S/C12H19NO4Si2/c1-8(18)16-7-12(17-9(2)19)10-3-5-11(6-4-10)13(14)15/h3-9H,1-2,18-19H3. The summed E-state index contributed by atoms with van der Waals surface area (Å²) in [6.45, 7) is 3.97. The van der Waals surface area contributed by atoms with Crippen LogP contribution in [0.4, 0.5) is 5.69 Å². The zero-order valence-electron chi connectivity index (χ0n) is 11.6. The highest BCUT2D eigenvalue weighted by molar-refractivity contribution is 6.11. The van der Waals surface area contributed by atoms with Gasteiger partial charge in [-0.15, -0.1) is 0 Å². The van der Waals surface area contributed by atoms with Gasteiger partial charge in [-0.25, -0.2) is 0 Å². The first kappa shape index (κ1) is 15.5. The van der Waals surface area contributed by atoms with Gasteiger partial charge in [-0.05, 0) is 26.0 Å². The van der Waals surface area contributed by atoms with Crippen LogP contribution in [0.3, 0.4) is 0 Å². The Balaban J connectivity index is 2.96. The van der Waals surface area contributed by atoms with E-state index >= 15 is 0 Å². The lowest BCUT2D eigenvalue weighted by Gasteiger charge is -2.15. The van der Waals surface area contributed by atoms with Crippen molar-refractivity contribution in [1.29, 1.82) is 0 Å². The average molecular weight is 297 g/mol. The zero-order chi connectivity index (χ0) is 14.4. The van der Waals surface area contributed by atoms with E-state index in [1.807, 2.05) is 13.8 Å². The zero-order valence-corrected chi connectivity index (χ0v) is 15.6. The molecule has 0 aliphatic heterocycles. The molecule has 104 valence electrons. The van der Waals surface area contributed by atoms with Gasteiger partial charge in [0.05, 0.1) is 36.9 Å². The van der Waals surface area contributed by atoms with Gasteiger partial charge in [-0.3, -0.25) is 10.1 Å². The maximum Gasteiger partial charge on any atom is 0.269 e. The Morgan fingerprint density at radius 2 is 1.84 bits per heavy atom. The summed E-state index contributed by atoms with van der Waals surface area (Å²) in [5, 5.41) is 10.6. The van der Waals surface area contributed by atoms with E-state index in [2.05, 4.69) is 0 Å². The molecule has 0 aliphatic carbocycles. The lowest BCUT2D eigenvalue weighted by atomic mass is 10.2. The Kier molecular flexibility index (Phi) is 5.77. The highest BCUT2D eigenvalue weighted by Crippen LogP contribution is 2.21. The minimum Gasteiger partial charge on any atom is -0.499 e. The van der Waals surface area contributed by atoms with E-state index in [9.17, 15) is 10.1 Å². The van der Waals surface area contributed by atoms with Gasteiger partial charge >= 0.3 is 0 Å². The summed E-state index contributed by atoms with van der Waals surface area (Å²) in [6.07, 6.45) is 1.60. The summed E-state index contributed by atoms with van der Waals surface area (Å²) < 4.78 is 11.2. The van der Waals surface area contributed by atoms with E-state index in [-0.39, 0.29) is 17.1 Å². The molecule has 0 fully saturated rings. The molecule has 1 aromatic rings. The summed E-state index contributed by atoms with van der Waals surface area (Å²) in [7, 11) is 1.83. The Morgan fingerprint density at radius 3 is 2.26 bits per heavy atom. The minimum absolute atomic E-state index is 0.0687. The second kappa shape index (κ2) is 7.10. The predicted molar refractivity (Wildman–Crippen MR) is 82.0 cm³/mol. The van der Waals surface area contributed by atoms with Crippen LogP contribution in [0.15, 0.2) is 30.5 Å². The fraction of sp³-hybridized carbons (Fsp3) is 0.333. The smallest absolute Gasteiger partial charge is 0.269 e. The van der Waals surface area contributed by atoms with Crippen molar-refractivity contribution >= 4 is 31.9 Å². The quantitative estimate of drug-likeness (QED) is 0.329. The van der Waals surface area contributed by atoms with Crippen LogP contribution in [0.25, 0.3) is 5.76 Å². The third-order valence-corrected chi connectivity index (χ3v) is 2.68. The van der Waals surface area contributed by atoms with Gasteiger partial charge in [-0.2, -0.15) is 0 Å². The fourth-order valence-electron chi connectivity index (χ4n) is 1.36. The molecule has 0 spiro atoms. The normalized spacial score (nSPS) is 14.9. The van der Waals surface area contributed by atoms with Crippen LogP contribution < -0.4 is 0 Å². The summed E-state index contributed by atoms with van der Waals surface area (Å²) in [5.74, 6) is 0.625. The number of nitrogens with zero attached hydrogens (tertiary/aromatic N) is 1. The number of hydrogen-bond donors (Lipinski definition) is 0. The molecule has 0 heterocycles. The largest absolute Gasteiger partial charge is 0.499 e. The van der Waals surface area contributed by atoms with Crippen molar-refractivity contribution in [1.82, 2.24) is 0 Å². The van der Waals surface area contributed by atoms with E-state index in [1.54, 1.807) is 18.4 Å². The SMILES string of the molecule is CC([SiH3])OC=C(OC(C)[SiH3])c1ccc([N+](=O)[O-])cc1. The molecule has 1 aromatic carbocycles. The van der Waals surface area contributed by atoms with Crippen LogP contribution in [-0.2, 0) is 9.47 Å². The summed E-state index contributed by atoms with van der Waals surface area (Å²) in [6, 6.07) is 6.28. The van der Waals surface area contributed by atoms with Gasteiger partial charge in [0.2, 0.25) is 0 Å². The number of benzene rings is 1. The number of nitro groups is 1. The molecule has 0 aliphatic rings. The monoisotopic (exact) mass is 297 g/mol. The van der Waals surface area contributed by atoms with Gasteiger partial charge in [0.15, 0.2) is 5.76 Å². The maximum absolute atomic E-state index is 10.6. The van der Waals surface area contributed by atoms with Crippen molar-refractivity contribution in [3.05, 3.63) is 46.2 Å². The molecular weight excluding hydrogens is 278 g/mol. The summed E-state index contributed by atoms with van der Waals surface area (Å²) >= 11 is 0. The van der Waals surface area contributed by atoms with Crippen LogP contribution in [0.5, 0.6) is 0 Å². The van der Waals surface area contributed by atoms with Crippen molar-refractivity contribution in [3.63, 3.8) is 0 Å². The third-order valence-electron chi connectivity index (χ3n) is 2.17. The molecule has 0 N–H and O–H groups in total. The van der Waals surface area contributed by atoms with Gasteiger partial charge in [0, 0.05) is 17.7 Å². The Morgan fingerprint density at radius 1 is 1.26 bits per heavy atom. The van der Waals surface area contributed by atoms with Crippen molar-refractivity contribution < 1.29 is 14.4 Å². The first-order valence-corrected chi connectivity index (χ1v) is 8.48. The molecule has 0 saturated heterocycles. The minimum atomic E-state index is -0.417. The Labute approximate surface area is 118 Å². The van der Waals surface area contributed by atoms with Crippen LogP contribution in [0, 0.1) is 10.1 Å². The molecule has 2 atom stereocenters. The summed E-state index contributed by atoms with van der Waals surface area (Å²) in [5.41, 5.74) is 1.20. The number of non-ortho nitro benzene ring substituents is 1. The predicted octanol–water partition coefficient (Wildman–Crippen LogP) is 0.349. The fourth-order valence-corrected chi connectivity index (χ4v) is 1.75. The van der Waals surface area contributed by atoms with Crippen LogP contribution in [0.1, 0.15) is 19.4 Å². The van der Waals surface area contributed by atoms with E-state index in [0.717, 1.165) is 26.0 Å².